The standard InChI is InChI=1S/C23H21Cl2N5O3/c24-18-2-1-3-19(25)20(18)30-13-32-21-17(22(30)31)12-27-23(29-21)28-14-4-6-15(7-5-14)33-16-8-10-26-11-9-16/h1-7,12,16,26H,8-11,13H2,(H,27,28,29). The number of rotatable bonds is 5. The monoisotopic (exact) mass is 485 g/mol. The first-order valence-electron chi connectivity index (χ1n) is 10.6. The molecular weight excluding hydrogens is 465 g/mol. The van der Waals surface area contributed by atoms with E-state index in [0.29, 0.717) is 21.7 Å². The lowest BCUT2D eigenvalue weighted by Gasteiger charge is -2.29. The summed E-state index contributed by atoms with van der Waals surface area (Å²) in [6.45, 7) is 1.90. The Hall–Kier alpha value is -3.07. The number of amides is 1. The zero-order valence-corrected chi connectivity index (χ0v) is 19.1. The molecule has 0 radical (unpaired) electrons. The molecule has 0 bridgehead atoms. The predicted molar refractivity (Wildman–Crippen MR) is 127 cm³/mol. The Balaban J connectivity index is 1.28. The molecule has 1 saturated heterocycles. The molecule has 2 N–H and O–H groups in total. The summed E-state index contributed by atoms with van der Waals surface area (Å²) < 4.78 is 11.8. The van der Waals surface area contributed by atoms with Crippen LogP contribution in [0.15, 0.2) is 48.7 Å². The Morgan fingerprint density at radius 2 is 1.82 bits per heavy atom. The van der Waals surface area contributed by atoms with Gasteiger partial charge in [-0.2, -0.15) is 4.98 Å². The molecule has 2 aliphatic rings. The van der Waals surface area contributed by atoms with Crippen LogP contribution in [0.25, 0.3) is 0 Å². The van der Waals surface area contributed by atoms with Gasteiger partial charge in [-0.3, -0.25) is 9.69 Å². The van der Waals surface area contributed by atoms with Crippen LogP contribution >= 0.6 is 23.2 Å². The fourth-order valence-electron chi connectivity index (χ4n) is 3.78. The fraction of sp³-hybridized carbons (Fsp3) is 0.261. The molecule has 0 spiro atoms. The van der Waals surface area contributed by atoms with E-state index in [9.17, 15) is 4.79 Å². The average molecular weight is 486 g/mol. The second-order valence-electron chi connectivity index (χ2n) is 7.71. The van der Waals surface area contributed by atoms with Gasteiger partial charge in [0.15, 0.2) is 6.73 Å². The molecule has 1 amide bonds. The van der Waals surface area contributed by atoms with Crippen LogP contribution in [0.4, 0.5) is 17.3 Å². The molecule has 0 atom stereocenters. The molecule has 0 saturated carbocycles. The molecule has 0 unspecified atom stereocenters. The number of ether oxygens (including phenoxy) is 2. The maximum absolute atomic E-state index is 13.0. The van der Waals surface area contributed by atoms with Crippen molar-refractivity contribution in [2.45, 2.75) is 18.9 Å². The topological polar surface area (TPSA) is 88.6 Å². The van der Waals surface area contributed by atoms with Gasteiger partial charge in [0, 0.05) is 11.9 Å². The average Bonchev–Trinajstić information content (AvgIpc) is 2.82. The zero-order valence-electron chi connectivity index (χ0n) is 17.6. The summed E-state index contributed by atoms with van der Waals surface area (Å²) in [5, 5.41) is 7.17. The summed E-state index contributed by atoms with van der Waals surface area (Å²) >= 11 is 12.5. The Morgan fingerprint density at radius 1 is 1.09 bits per heavy atom. The third-order valence-corrected chi connectivity index (χ3v) is 6.08. The van der Waals surface area contributed by atoms with E-state index < -0.39 is 0 Å². The maximum Gasteiger partial charge on any atom is 0.268 e. The van der Waals surface area contributed by atoms with Crippen molar-refractivity contribution in [3.05, 3.63) is 64.3 Å². The normalized spacial score (nSPS) is 16.2. The molecular formula is C23H21Cl2N5O3. The van der Waals surface area contributed by atoms with Crippen LogP contribution in [-0.2, 0) is 0 Å². The number of piperidine rings is 1. The molecule has 3 aromatic rings. The second kappa shape index (κ2) is 9.43. The Kier molecular flexibility index (Phi) is 6.22. The molecule has 3 heterocycles. The number of nitrogens with zero attached hydrogens (tertiary/aromatic N) is 3. The molecule has 10 heteroatoms. The highest BCUT2D eigenvalue weighted by Gasteiger charge is 2.31. The zero-order chi connectivity index (χ0) is 22.8. The molecule has 33 heavy (non-hydrogen) atoms. The number of anilines is 3. The van der Waals surface area contributed by atoms with Gasteiger partial charge in [0.1, 0.15) is 17.4 Å². The number of benzene rings is 2. The first kappa shape index (κ1) is 21.8. The van der Waals surface area contributed by atoms with Crippen molar-refractivity contribution in [3.63, 3.8) is 0 Å². The van der Waals surface area contributed by atoms with Crippen molar-refractivity contribution in [2.24, 2.45) is 0 Å². The summed E-state index contributed by atoms with van der Waals surface area (Å²) in [5.74, 6) is 1.00. The van der Waals surface area contributed by atoms with Crippen LogP contribution in [0.3, 0.4) is 0 Å². The third kappa shape index (κ3) is 4.68. The van der Waals surface area contributed by atoms with Gasteiger partial charge in [0.05, 0.1) is 15.7 Å². The highest BCUT2D eigenvalue weighted by atomic mass is 35.5. The van der Waals surface area contributed by atoms with Crippen molar-refractivity contribution < 1.29 is 14.3 Å². The molecule has 2 aliphatic heterocycles. The van der Waals surface area contributed by atoms with E-state index in [0.717, 1.165) is 37.4 Å². The van der Waals surface area contributed by atoms with E-state index in [1.54, 1.807) is 18.2 Å². The van der Waals surface area contributed by atoms with Gasteiger partial charge in [-0.1, -0.05) is 29.3 Å². The van der Waals surface area contributed by atoms with Gasteiger partial charge >= 0.3 is 0 Å². The minimum Gasteiger partial charge on any atom is -0.490 e. The molecule has 170 valence electrons. The molecule has 2 aromatic carbocycles. The van der Waals surface area contributed by atoms with E-state index in [1.807, 2.05) is 24.3 Å². The molecule has 1 aromatic heterocycles. The van der Waals surface area contributed by atoms with Crippen molar-refractivity contribution >= 4 is 46.4 Å². The van der Waals surface area contributed by atoms with Crippen LogP contribution in [0, 0.1) is 0 Å². The van der Waals surface area contributed by atoms with Gasteiger partial charge in [-0.25, -0.2) is 4.98 Å². The van der Waals surface area contributed by atoms with E-state index in [4.69, 9.17) is 32.7 Å². The van der Waals surface area contributed by atoms with Crippen LogP contribution < -0.4 is 25.0 Å². The van der Waals surface area contributed by atoms with Gasteiger partial charge in [0.2, 0.25) is 11.8 Å². The fourth-order valence-corrected chi connectivity index (χ4v) is 4.38. The van der Waals surface area contributed by atoms with Crippen molar-refractivity contribution in [2.75, 3.05) is 30.0 Å². The van der Waals surface area contributed by atoms with Crippen LogP contribution in [0.1, 0.15) is 23.2 Å². The lowest BCUT2D eigenvalue weighted by Crippen LogP contribution is -2.39. The molecule has 8 nitrogen and oxygen atoms in total. The number of halogens is 2. The molecule has 5 rings (SSSR count). The number of hydrogen-bond donors (Lipinski definition) is 2. The van der Waals surface area contributed by atoms with E-state index in [1.165, 1.54) is 11.1 Å². The Labute approximate surface area is 200 Å². The summed E-state index contributed by atoms with van der Waals surface area (Å²) in [5.41, 5.74) is 1.42. The molecule has 0 aliphatic carbocycles. The van der Waals surface area contributed by atoms with Gasteiger partial charge in [0.25, 0.3) is 5.91 Å². The van der Waals surface area contributed by atoms with Crippen LogP contribution in [0.5, 0.6) is 11.6 Å². The van der Waals surface area contributed by atoms with Gasteiger partial charge in [-0.05, 0) is 62.3 Å². The van der Waals surface area contributed by atoms with Gasteiger partial charge in [-0.15, -0.1) is 0 Å². The maximum atomic E-state index is 13.0. The van der Waals surface area contributed by atoms with E-state index >= 15 is 0 Å². The van der Waals surface area contributed by atoms with Crippen molar-refractivity contribution in [1.29, 1.82) is 0 Å². The smallest absolute Gasteiger partial charge is 0.268 e. The van der Waals surface area contributed by atoms with Crippen molar-refractivity contribution in [1.82, 2.24) is 15.3 Å². The summed E-state index contributed by atoms with van der Waals surface area (Å²) in [7, 11) is 0. The predicted octanol–water partition coefficient (Wildman–Crippen LogP) is 4.65. The van der Waals surface area contributed by atoms with Crippen LogP contribution in [-0.4, -0.2) is 41.8 Å². The highest BCUT2D eigenvalue weighted by molar-refractivity contribution is 6.40. The van der Waals surface area contributed by atoms with Crippen LogP contribution in [0.2, 0.25) is 10.0 Å². The first-order chi connectivity index (χ1) is 16.1. The Morgan fingerprint density at radius 3 is 2.55 bits per heavy atom. The van der Waals surface area contributed by atoms with Crippen molar-refractivity contribution in [3.8, 4) is 11.6 Å². The summed E-state index contributed by atoms with van der Waals surface area (Å²) in [6.07, 6.45) is 3.67. The molecule has 1 fully saturated rings. The summed E-state index contributed by atoms with van der Waals surface area (Å²) in [4.78, 5) is 23.0. The van der Waals surface area contributed by atoms with E-state index in [-0.39, 0.29) is 30.2 Å². The minimum atomic E-state index is -0.336. The minimum absolute atomic E-state index is 0.0610. The lowest BCUT2D eigenvalue weighted by molar-refractivity contribution is 0.0932. The summed E-state index contributed by atoms with van der Waals surface area (Å²) in [6, 6.07) is 12.7. The second-order valence-corrected chi connectivity index (χ2v) is 8.52. The number of carbonyl (C=O) groups is 1. The number of carbonyl (C=O) groups excluding carboxylic acids is 1. The number of para-hydroxylation sites is 1. The first-order valence-corrected chi connectivity index (χ1v) is 11.3. The third-order valence-electron chi connectivity index (χ3n) is 5.47. The Bertz CT molecular complexity index is 1150. The van der Waals surface area contributed by atoms with Gasteiger partial charge < -0.3 is 20.1 Å². The quantitative estimate of drug-likeness (QED) is 0.543. The number of nitrogens with one attached hydrogen (secondary N) is 2. The number of aromatic nitrogens is 2. The number of fused-ring (bicyclic) bond motifs is 1. The van der Waals surface area contributed by atoms with E-state index in [2.05, 4.69) is 20.6 Å². The number of hydrogen-bond acceptors (Lipinski definition) is 7. The highest BCUT2D eigenvalue weighted by Crippen LogP contribution is 2.37. The lowest BCUT2D eigenvalue weighted by atomic mass is 10.1. The SMILES string of the molecule is O=C1c2cnc(Nc3ccc(OC4CCNCC4)cc3)nc2OCN1c1c(Cl)cccc1Cl. The largest absolute Gasteiger partial charge is 0.490 e.